The summed E-state index contributed by atoms with van der Waals surface area (Å²) in [6.07, 6.45) is 1.75. The monoisotopic (exact) mass is 293 g/mol. The van der Waals surface area contributed by atoms with E-state index in [9.17, 15) is 4.79 Å². The van der Waals surface area contributed by atoms with Gasteiger partial charge < -0.3 is 20.1 Å². The van der Waals surface area contributed by atoms with Crippen molar-refractivity contribution < 1.29 is 14.6 Å². The summed E-state index contributed by atoms with van der Waals surface area (Å²) in [4.78, 5) is 18.6. The maximum atomic E-state index is 12.4. The van der Waals surface area contributed by atoms with Crippen LogP contribution in [0.25, 0.3) is 0 Å². The summed E-state index contributed by atoms with van der Waals surface area (Å²) in [5, 5.41) is 11.9. The standard InChI is InChI=1S/C15H23N3O3/c1-2-16-14-5-3-4-13(17-14)15(20)18-8-6-12(7-9-18)21-11-10-19/h3-5,12,19H,2,6-11H2,1H3,(H,16,17). The molecule has 0 aliphatic carbocycles. The Morgan fingerprint density at radius 2 is 2.24 bits per heavy atom. The predicted molar refractivity (Wildman–Crippen MR) is 80.4 cm³/mol. The van der Waals surface area contributed by atoms with Crippen molar-refractivity contribution in [3.05, 3.63) is 23.9 Å². The van der Waals surface area contributed by atoms with Crippen molar-refractivity contribution in [2.45, 2.75) is 25.9 Å². The van der Waals surface area contributed by atoms with Crippen LogP contribution in [0, 0.1) is 0 Å². The number of carbonyl (C=O) groups excluding carboxylic acids is 1. The molecule has 2 rings (SSSR count). The van der Waals surface area contributed by atoms with Gasteiger partial charge in [0.2, 0.25) is 0 Å². The number of ether oxygens (including phenoxy) is 1. The summed E-state index contributed by atoms with van der Waals surface area (Å²) >= 11 is 0. The molecule has 0 spiro atoms. The van der Waals surface area contributed by atoms with Gasteiger partial charge in [-0.1, -0.05) is 6.07 Å². The summed E-state index contributed by atoms with van der Waals surface area (Å²) < 4.78 is 5.50. The second-order valence-electron chi connectivity index (χ2n) is 5.02. The molecule has 2 heterocycles. The van der Waals surface area contributed by atoms with Crippen LogP contribution in [0.4, 0.5) is 5.82 Å². The highest BCUT2D eigenvalue weighted by Gasteiger charge is 2.24. The molecule has 0 aromatic carbocycles. The first-order valence-corrected chi connectivity index (χ1v) is 7.47. The van der Waals surface area contributed by atoms with Crippen LogP contribution >= 0.6 is 0 Å². The fraction of sp³-hybridized carbons (Fsp3) is 0.600. The lowest BCUT2D eigenvalue weighted by molar-refractivity contribution is -0.00564. The van der Waals surface area contributed by atoms with E-state index in [1.807, 2.05) is 24.0 Å². The Balaban J connectivity index is 1.91. The number of nitrogens with zero attached hydrogens (tertiary/aromatic N) is 2. The van der Waals surface area contributed by atoms with Crippen molar-refractivity contribution >= 4 is 11.7 Å². The zero-order chi connectivity index (χ0) is 15.1. The van der Waals surface area contributed by atoms with Gasteiger partial charge in [-0.2, -0.15) is 0 Å². The number of carbonyl (C=O) groups is 1. The van der Waals surface area contributed by atoms with Crippen LogP contribution in [0.3, 0.4) is 0 Å². The van der Waals surface area contributed by atoms with E-state index in [4.69, 9.17) is 9.84 Å². The molecular weight excluding hydrogens is 270 g/mol. The molecule has 116 valence electrons. The molecule has 1 aromatic heterocycles. The van der Waals surface area contributed by atoms with E-state index in [1.165, 1.54) is 0 Å². The van der Waals surface area contributed by atoms with Crippen LogP contribution in [0.15, 0.2) is 18.2 Å². The number of rotatable bonds is 6. The molecule has 1 saturated heterocycles. The topological polar surface area (TPSA) is 74.7 Å². The first-order valence-electron chi connectivity index (χ1n) is 7.47. The van der Waals surface area contributed by atoms with Crippen molar-refractivity contribution in [2.75, 3.05) is 38.2 Å². The summed E-state index contributed by atoms with van der Waals surface area (Å²) in [7, 11) is 0. The van der Waals surface area contributed by atoms with Gasteiger partial charge in [0.15, 0.2) is 0 Å². The van der Waals surface area contributed by atoms with Crippen LogP contribution < -0.4 is 5.32 Å². The minimum atomic E-state index is -0.0321. The molecule has 6 nitrogen and oxygen atoms in total. The third-order valence-electron chi connectivity index (χ3n) is 3.50. The Morgan fingerprint density at radius 1 is 1.48 bits per heavy atom. The van der Waals surface area contributed by atoms with Crippen molar-refractivity contribution in [1.29, 1.82) is 0 Å². The van der Waals surface area contributed by atoms with Crippen LogP contribution in [0.1, 0.15) is 30.3 Å². The molecule has 1 aliphatic rings. The van der Waals surface area contributed by atoms with Gasteiger partial charge in [0.25, 0.3) is 5.91 Å². The number of hydrogen-bond acceptors (Lipinski definition) is 5. The predicted octanol–water partition coefficient (Wildman–Crippen LogP) is 1.13. The number of likely N-dealkylation sites (tertiary alicyclic amines) is 1. The van der Waals surface area contributed by atoms with Crippen LogP contribution in [-0.4, -0.2) is 59.8 Å². The number of aliphatic hydroxyl groups excluding tert-OH is 1. The molecule has 21 heavy (non-hydrogen) atoms. The molecule has 1 aliphatic heterocycles. The molecule has 0 radical (unpaired) electrons. The number of aromatic nitrogens is 1. The van der Waals surface area contributed by atoms with E-state index in [1.54, 1.807) is 6.07 Å². The zero-order valence-electron chi connectivity index (χ0n) is 12.4. The average Bonchev–Trinajstić information content (AvgIpc) is 2.53. The summed E-state index contributed by atoms with van der Waals surface area (Å²) in [5.41, 5.74) is 0.475. The van der Waals surface area contributed by atoms with E-state index in [-0.39, 0.29) is 18.6 Å². The van der Waals surface area contributed by atoms with E-state index < -0.39 is 0 Å². The maximum absolute atomic E-state index is 12.4. The van der Waals surface area contributed by atoms with Gasteiger partial charge in [0.05, 0.1) is 19.3 Å². The molecular formula is C15H23N3O3. The summed E-state index contributed by atoms with van der Waals surface area (Å²) in [6.45, 7) is 4.51. The summed E-state index contributed by atoms with van der Waals surface area (Å²) in [6, 6.07) is 5.45. The SMILES string of the molecule is CCNc1cccc(C(=O)N2CCC(OCCO)CC2)n1. The Labute approximate surface area is 125 Å². The third kappa shape index (κ3) is 4.41. The van der Waals surface area contributed by atoms with E-state index in [0.717, 1.165) is 25.2 Å². The number of piperidine rings is 1. The maximum Gasteiger partial charge on any atom is 0.272 e. The lowest BCUT2D eigenvalue weighted by Gasteiger charge is -2.31. The minimum Gasteiger partial charge on any atom is -0.394 e. The molecule has 2 N–H and O–H groups in total. The Bertz CT molecular complexity index is 459. The first-order chi connectivity index (χ1) is 10.2. The molecule has 0 saturated carbocycles. The van der Waals surface area contributed by atoms with E-state index in [0.29, 0.717) is 25.4 Å². The number of hydrogen-bond donors (Lipinski definition) is 2. The Morgan fingerprint density at radius 3 is 2.90 bits per heavy atom. The number of amides is 1. The highest BCUT2D eigenvalue weighted by Crippen LogP contribution is 2.16. The quantitative estimate of drug-likeness (QED) is 0.822. The molecule has 0 bridgehead atoms. The largest absolute Gasteiger partial charge is 0.394 e. The van der Waals surface area contributed by atoms with Gasteiger partial charge in [-0.3, -0.25) is 4.79 Å². The van der Waals surface area contributed by atoms with Crippen molar-refractivity contribution in [3.8, 4) is 0 Å². The lowest BCUT2D eigenvalue weighted by Crippen LogP contribution is -2.41. The molecule has 1 aromatic rings. The fourth-order valence-electron chi connectivity index (χ4n) is 2.44. The minimum absolute atomic E-state index is 0.0321. The van der Waals surface area contributed by atoms with Gasteiger partial charge in [0, 0.05) is 19.6 Å². The molecule has 0 unspecified atom stereocenters. The van der Waals surface area contributed by atoms with Gasteiger partial charge in [0.1, 0.15) is 11.5 Å². The molecule has 6 heteroatoms. The van der Waals surface area contributed by atoms with Gasteiger partial charge >= 0.3 is 0 Å². The average molecular weight is 293 g/mol. The highest BCUT2D eigenvalue weighted by molar-refractivity contribution is 5.92. The Hall–Kier alpha value is -1.66. The molecule has 1 amide bonds. The Kier molecular flexibility index (Phi) is 5.95. The normalized spacial score (nSPS) is 16.0. The van der Waals surface area contributed by atoms with Crippen molar-refractivity contribution in [2.24, 2.45) is 0 Å². The third-order valence-corrected chi connectivity index (χ3v) is 3.50. The van der Waals surface area contributed by atoms with Crippen LogP contribution in [-0.2, 0) is 4.74 Å². The lowest BCUT2D eigenvalue weighted by atomic mass is 10.1. The number of pyridine rings is 1. The van der Waals surface area contributed by atoms with Gasteiger partial charge in [-0.25, -0.2) is 4.98 Å². The fourth-order valence-corrected chi connectivity index (χ4v) is 2.44. The van der Waals surface area contributed by atoms with Gasteiger partial charge in [-0.15, -0.1) is 0 Å². The molecule has 1 fully saturated rings. The second kappa shape index (κ2) is 7.95. The molecule has 0 atom stereocenters. The first kappa shape index (κ1) is 15.7. The van der Waals surface area contributed by atoms with E-state index in [2.05, 4.69) is 10.3 Å². The number of aliphatic hydroxyl groups is 1. The van der Waals surface area contributed by atoms with Crippen molar-refractivity contribution in [3.63, 3.8) is 0 Å². The zero-order valence-corrected chi connectivity index (χ0v) is 12.4. The number of anilines is 1. The van der Waals surface area contributed by atoms with Crippen LogP contribution in [0.5, 0.6) is 0 Å². The number of nitrogens with one attached hydrogen (secondary N) is 1. The smallest absolute Gasteiger partial charge is 0.272 e. The van der Waals surface area contributed by atoms with Crippen LogP contribution in [0.2, 0.25) is 0 Å². The van der Waals surface area contributed by atoms with Gasteiger partial charge in [-0.05, 0) is 31.9 Å². The second-order valence-corrected chi connectivity index (χ2v) is 5.02. The highest BCUT2D eigenvalue weighted by atomic mass is 16.5. The van der Waals surface area contributed by atoms with E-state index >= 15 is 0 Å². The van der Waals surface area contributed by atoms with Crippen molar-refractivity contribution in [1.82, 2.24) is 9.88 Å². The summed E-state index contributed by atoms with van der Waals surface area (Å²) in [5.74, 6) is 0.694.